The zero-order chi connectivity index (χ0) is 18.2. The van der Waals surface area contributed by atoms with Crippen LogP contribution < -0.4 is 10.6 Å². The number of hydrogen-bond donors (Lipinski definition) is 3. The number of aldehydes is 1. The van der Waals surface area contributed by atoms with Crippen LogP contribution in [0.2, 0.25) is 0 Å². The summed E-state index contributed by atoms with van der Waals surface area (Å²) in [7, 11) is 1.71. The summed E-state index contributed by atoms with van der Waals surface area (Å²) in [5, 5.41) is 15.4. The van der Waals surface area contributed by atoms with Crippen molar-refractivity contribution in [1.29, 1.82) is 0 Å². The summed E-state index contributed by atoms with van der Waals surface area (Å²) in [6.45, 7) is 1.82. The van der Waals surface area contributed by atoms with Crippen molar-refractivity contribution in [1.82, 2.24) is 10.6 Å². The average Bonchev–Trinajstić information content (AvgIpc) is 2.62. The van der Waals surface area contributed by atoms with E-state index in [0.29, 0.717) is 12.8 Å². The quantitative estimate of drug-likeness (QED) is 0.640. The highest BCUT2D eigenvalue weighted by Crippen LogP contribution is 2.18. The Morgan fingerprint density at radius 1 is 1.12 bits per heavy atom. The van der Waals surface area contributed by atoms with Crippen LogP contribution in [0.25, 0.3) is 0 Å². The van der Waals surface area contributed by atoms with E-state index in [9.17, 15) is 14.7 Å². The van der Waals surface area contributed by atoms with Gasteiger partial charge in [0.2, 0.25) is 5.91 Å². The fraction of sp³-hybridized carbons (Fsp3) is 0.300. The Bertz CT molecular complexity index is 716. The molecule has 0 bridgehead atoms. The van der Waals surface area contributed by atoms with Crippen molar-refractivity contribution in [3.63, 3.8) is 0 Å². The highest BCUT2D eigenvalue weighted by atomic mass is 16.3. The van der Waals surface area contributed by atoms with Gasteiger partial charge in [0.05, 0.1) is 12.1 Å². The molecule has 2 rings (SSSR count). The van der Waals surface area contributed by atoms with Crippen molar-refractivity contribution in [3.8, 4) is 5.75 Å². The molecule has 0 saturated carbocycles. The summed E-state index contributed by atoms with van der Waals surface area (Å²) < 4.78 is 0. The second-order valence-corrected chi connectivity index (χ2v) is 6.11. The van der Waals surface area contributed by atoms with Crippen molar-refractivity contribution < 1.29 is 14.7 Å². The molecule has 0 saturated heterocycles. The second kappa shape index (κ2) is 8.99. The van der Waals surface area contributed by atoms with Gasteiger partial charge in [-0.1, -0.05) is 42.5 Å². The van der Waals surface area contributed by atoms with E-state index < -0.39 is 12.1 Å². The van der Waals surface area contributed by atoms with Gasteiger partial charge in [0.15, 0.2) is 0 Å². The first-order chi connectivity index (χ1) is 12.0. The molecule has 0 spiro atoms. The van der Waals surface area contributed by atoms with Crippen LogP contribution in [0.4, 0.5) is 0 Å². The van der Waals surface area contributed by atoms with Crippen molar-refractivity contribution in [2.45, 2.75) is 31.8 Å². The number of benzene rings is 2. The summed E-state index contributed by atoms with van der Waals surface area (Å²) >= 11 is 0. The molecule has 5 nitrogen and oxygen atoms in total. The molecule has 0 aliphatic rings. The van der Waals surface area contributed by atoms with Crippen LogP contribution in [0.15, 0.2) is 48.5 Å². The average molecular weight is 340 g/mol. The predicted octanol–water partition coefficient (Wildman–Crippen LogP) is 1.76. The maximum atomic E-state index is 12.5. The largest absolute Gasteiger partial charge is 0.508 e. The third kappa shape index (κ3) is 5.43. The Balaban J connectivity index is 2.00. The predicted molar refractivity (Wildman–Crippen MR) is 97.5 cm³/mol. The van der Waals surface area contributed by atoms with Gasteiger partial charge in [-0.25, -0.2) is 0 Å². The molecule has 2 atom stereocenters. The molecule has 0 aliphatic carbocycles. The molecule has 0 aromatic heterocycles. The number of carbonyl (C=O) groups excluding carboxylic acids is 2. The fourth-order valence-electron chi connectivity index (χ4n) is 2.69. The van der Waals surface area contributed by atoms with Crippen LogP contribution in [0.5, 0.6) is 5.75 Å². The van der Waals surface area contributed by atoms with Gasteiger partial charge in [-0.2, -0.15) is 0 Å². The Hall–Kier alpha value is -2.66. The third-order valence-electron chi connectivity index (χ3n) is 4.16. The Morgan fingerprint density at radius 3 is 2.44 bits per heavy atom. The normalized spacial score (nSPS) is 13.0. The van der Waals surface area contributed by atoms with Gasteiger partial charge in [0.1, 0.15) is 12.0 Å². The van der Waals surface area contributed by atoms with Crippen LogP contribution in [0.1, 0.15) is 16.7 Å². The molecular weight excluding hydrogens is 316 g/mol. The lowest BCUT2D eigenvalue weighted by atomic mass is 10.0. The molecule has 2 aromatic carbocycles. The Labute approximate surface area is 148 Å². The zero-order valence-corrected chi connectivity index (χ0v) is 14.5. The maximum absolute atomic E-state index is 12.5. The van der Waals surface area contributed by atoms with E-state index in [1.54, 1.807) is 19.2 Å². The highest BCUT2D eigenvalue weighted by molar-refractivity contribution is 5.84. The highest BCUT2D eigenvalue weighted by Gasteiger charge is 2.20. The molecule has 3 N–H and O–H groups in total. The van der Waals surface area contributed by atoms with Gasteiger partial charge in [-0.05, 0) is 49.6 Å². The Morgan fingerprint density at radius 2 is 1.84 bits per heavy atom. The summed E-state index contributed by atoms with van der Waals surface area (Å²) in [5.41, 5.74) is 2.70. The van der Waals surface area contributed by atoms with E-state index in [4.69, 9.17) is 0 Å². The standard InChI is InChI=1S/C20H24N2O3/c1-14-10-16(8-9-19(14)24)12-18(21-2)20(25)22-17(13-23)11-15-6-4-3-5-7-15/h3-10,13,17-18,21,24H,11-12H2,1-2H3,(H,22,25). The first-order valence-electron chi connectivity index (χ1n) is 8.29. The first kappa shape index (κ1) is 18.7. The molecular formula is C20H24N2O3. The molecule has 0 aliphatic heterocycles. The van der Waals surface area contributed by atoms with E-state index in [1.165, 1.54) is 0 Å². The van der Waals surface area contributed by atoms with Gasteiger partial charge in [0.25, 0.3) is 0 Å². The van der Waals surface area contributed by atoms with E-state index in [0.717, 1.165) is 23.0 Å². The number of carbonyl (C=O) groups is 2. The fourth-order valence-corrected chi connectivity index (χ4v) is 2.69. The van der Waals surface area contributed by atoms with Crippen LogP contribution in [-0.2, 0) is 22.4 Å². The molecule has 0 fully saturated rings. The minimum atomic E-state index is -0.563. The minimum absolute atomic E-state index is 0.221. The molecule has 2 unspecified atom stereocenters. The van der Waals surface area contributed by atoms with Crippen molar-refractivity contribution in [2.24, 2.45) is 0 Å². The SMILES string of the molecule is CNC(Cc1ccc(O)c(C)c1)C(=O)NC(C=O)Cc1ccccc1. The minimum Gasteiger partial charge on any atom is -0.508 e. The van der Waals surface area contributed by atoms with E-state index in [1.807, 2.05) is 43.3 Å². The summed E-state index contributed by atoms with van der Waals surface area (Å²) in [4.78, 5) is 23.8. The van der Waals surface area contributed by atoms with Crippen molar-refractivity contribution in [3.05, 3.63) is 65.2 Å². The number of nitrogens with one attached hydrogen (secondary N) is 2. The topological polar surface area (TPSA) is 78.4 Å². The first-order valence-corrected chi connectivity index (χ1v) is 8.29. The van der Waals surface area contributed by atoms with Gasteiger partial charge < -0.3 is 20.5 Å². The number of aromatic hydroxyl groups is 1. The lowest BCUT2D eigenvalue weighted by molar-refractivity contribution is -0.125. The second-order valence-electron chi connectivity index (χ2n) is 6.11. The maximum Gasteiger partial charge on any atom is 0.238 e. The number of phenolic OH excluding ortho intramolecular Hbond substituents is 1. The number of hydrogen-bond acceptors (Lipinski definition) is 4. The molecule has 132 valence electrons. The smallest absolute Gasteiger partial charge is 0.238 e. The molecule has 25 heavy (non-hydrogen) atoms. The number of phenols is 1. The van der Waals surface area contributed by atoms with Crippen LogP contribution in [0, 0.1) is 6.92 Å². The van der Waals surface area contributed by atoms with E-state index in [-0.39, 0.29) is 11.7 Å². The van der Waals surface area contributed by atoms with Gasteiger partial charge >= 0.3 is 0 Å². The van der Waals surface area contributed by atoms with Crippen LogP contribution in [0.3, 0.4) is 0 Å². The van der Waals surface area contributed by atoms with Gasteiger partial charge in [0, 0.05) is 0 Å². The summed E-state index contributed by atoms with van der Waals surface area (Å²) in [6, 6.07) is 13.8. The number of aryl methyl sites for hydroxylation is 1. The van der Waals surface area contributed by atoms with Crippen LogP contribution >= 0.6 is 0 Å². The summed E-state index contributed by atoms with van der Waals surface area (Å²) in [6.07, 6.45) is 1.70. The van der Waals surface area contributed by atoms with Gasteiger partial charge in [-0.15, -0.1) is 0 Å². The molecule has 5 heteroatoms. The molecule has 2 aromatic rings. The monoisotopic (exact) mass is 340 g/mol. The number of amides is 1. The zero-order valence-electron chi connectivity index (χ0n) is 14.5. The molecule has 0 heterocycles. The van der Waals surface area contributed by atoms with Crippen LogP contribution in [-0.4, -0.2) is 36.4 Å². The Kier molecular flexibility index (Phi) is 6.71. The third-order valence-corrected chi connectivity index (χ3v) is 4.16. The summed E-state index contributed by atoms with van der Waals surface area (Å²) in [5.74, 6) is 0.0133. The van der Waals surface area contributed by atoms with E-state index >= 15 is 0 Å². The number of rotatable bonds is 8. The lowest BCUT2D eigenvalue weighted by Gasteiger charge is -2.20. The molecule has 0 radical (unpaired) electrons. The van der Waals surface area contributed by atoms with Crippen molar-refractivity contribution >= 4 is 12.2 Å². The van der Waals surface area contributed by atoms with Gasteiger partial charge in [-0.3, -0.25) is 4.79 Å². The lowest BCUT2D eigenvalue weighted by Crippen LogP contribution is -2.49. The van der Waals surface area contributed by atoms with Crippen molar-refractivity contribution in [2.75, 3.05) is 7.05 Å². The molecule has 1 amide bonds. The number of likely N-dealkylation sites (N-methyl/N-ethyl adjacent to an activating group) is 1. The van der Waals surface area contributed by atoms with E-state index in [2.05, 4.69) is 10.6 Å².